The normalized spacial score (nSPS) is 13.0. The van der Waals surface area contributed by atoms with Gasteiger partial charge in [0, 0.05) is 35.2 Å². The number of aromatic amines is 1. The van der Waals surface area contributed by atoms with Gasteiger partial charge in [0.25, 0.3) is 0 Å². The molecule has 1 aliphatic heterocycles. The molecule has 0 atom stereocenters. The summed E-state index contributed by atoms with van der Waals surface area (Å²) in [5, 5.41) is 9.31. The Labute approximate surface area is 170 Å². The van der Waals surface area contributed by atoms with Crippen LogP contribution in [0.25, 0.3) is 11.1 Å². The predicted octanol–water partition coefficient (Wildman–Crippen LogP) is 3.59. The van der Waals surface area contributed by atoms with Crippen LogP contribution >= 0.6 is 0 Å². The first-order valence-electron chi connectivity index (χ1n) is 9.47. The van der Waals surface area contributed by atoms with Crippen LogP contribution in [0.5, 0.6) is 0 Å². The molecule has 0 aliphatic carbocycles. The van der Waals surface area contributed by atoms with Crippen LogP contribution in [0.2, 0.25) is 0 Å². The molecule has 2 aromatic carbocycles. The Morgan fingerprint density at radius 3 is 2.77 bits per heavy atom. The zero-order valence-corrected chi connectivity index (χ0v) is 16.1. The number of hydrogen-bond donors (Lipinski definition) is 4. The van der Waals surface area contributed by atoms with Crippen molar-refractivity contribution in [1.82, 2.24) is 15.0 Å². The minimum absolute atomic E-state index is 0.0219. The highest BCUT2D eigenvalue weighted by Gasteiger charge is 2.15. The highest BCUT2D eigenvalue weighted by molar-refractivity contribution is 5.94. The van der Waals surface area contributed by atoms with Gasteiger partial charge in [-0.2, -0.15) is 4.98 Å². The van der Waals surface area contributed by atoms with Gasteiger partial charge >= 0.3 is 5.76 Å². The first-order valence-corrected chi connectivity index (χ1v) is 9.47. The molecule has 0 spiro atoms. The van der Waals surface area contributed by atoms with Crippen molar-refractivity contribution in [3.8, 4) is 0 Å². The van der Waals surface area contributed by atoms with Crippen molar-refractivity contribution in [2.45, 2.75) is 19.8 Å². The largest absolute Gasteiger partial charge is 0.417 e. The van der Waals surface area contributed by atoms with E-state index in [1.165, 1.54) is 0 Å². The zero-order chi connectivity index (χ0) is 20.7. The van der Waals surface area contributed by atoms with E-state index in [0.29, 0.717) is 29.3 Å². The fourth-order valence-electron chi connectivity index (χ4n) is 3.37. The topological polar surface area (TPSA) is 125 Å². The van der Waals surface area contributed by atoms with Crippen molar-refractivity contribution < 1.29 is 9.21 Å². The molecule has 3 heterocycles. The van der Waals surface area contributed by atoms with E-state index in [9.17, 15) is 9.59 Å². The average molecular weight is 402 g/mol. The lowest BCUT2D eigenvalue weighted by atomic mass is 10.0. The number of anilines is 5. The second-order valence-electron chi connectivity index (χ2n) is 7.12. The van der Waals surface area contributed by atoms with Crippen LogP contribution < -0.4 is 21.7 Å². The number of nitrogens with one attached hydrogen (secondary N) is 4. The number of nitrogens with zero attached hydrogens (tertiary/aromatic N) is 2. The number of aryl methyl sites for hydroxylation is 2. The second-order valence-corrected chi connectivity index (χ2v) is 7.12. The van der Waals surface area contributed by atoms with Crippen molar-refractivity contribution >= 4 is 45.8 Å². The Morgan fingerprint density at radius 2 is 1.87 bits per heavy atom. The van der Waals surface area contributed by atoms with E-state index in [-0.39, 0.29) is 5.91 Å². The number of oxazole rings is 1. The number of hydrogen-bond acceptors (Lipinski definition) is 7. The number of carbonyl (C=O) groups is 1. The van der Waals surface area contributed by atoms with E-state index in [4.69, 9.17) is 4.42 Å². The highest BCUT2D eigenvalue weighted by Crippen LogP contribution is 2.28. The summed E-state index contributed by atoms with van der Waals surface area (Å²) in [6, 6.07) is 11.1. The molecule has 9 heteroatoms. The summed E-state index contributed by atoms with van der Waals surface area (Å²) in [7, 11) is 0. The van der Waals surface area contributed by atoms with Crippen LogP contribution in [0.4, 0.5) is 28.8 Å². The molecule has 0 fully saturated rings. The van der Waals surface area contributed by atoms with Crippen molar-refractivity contribution in [2.24, 2.45) is 0 Å². The number of rotatable bonds is 4. The lowest BCUT2D eigenvalue weighted by molar-refractivity contribution is -0.116. The third-order valence-electron chi connectivity index (χ3n) is 4.91. The van der Waals surface area contributed by atoms with Gasteiger partial charge in [-0.25, -0.2) is 9.78 Å². The summed E-state index contributed by atoms with van der Waals surface area (Å²) in [6.07, 6.45) is 2.97. The molecule has 2 aromatic heterocycles. The molecular weight excluding hydrogens is 384 g/mol. The van der Waals surface area contributed by atoms with Crippen molar-refractivity contribution in [1.29, 1.82) is 0 Å². The highest BCUT2D eigenvalue weighted by atomic mass is 16.4. The van der Waals surface area contributed by atoms with Crippen LogP contribution in [0.3, 0.4) is 0 Å². The van der Waals surface area contributed by atoms with E-state index in [1.807, 2.05) is 25.1 Å². The SMILES string of the molecule is Cc1cnc(Nc2ccc3c(c2)NC(=O)CC3)nc1Nc1ccc2oc(=O)[nH]c2c1. The summed E-state index contributed by atoms with van der Waals surface area (Å²) in [4.78, 5) is 34.5. The number of amides is 1. The summed E-state index contributed by atoms with van der Waals surface area (Å²) in [6.45, 7) is 1.90. The Morgan fingerprint density at radius 1 is 1.03 bits per heavy atom. The lowest BCUT2D eigenvalue weighted by Gasteiger charge is -2.18. The van der Waals surface area contributed by atoms with Crippen LogP contribution in [0.1, 0.15) is 17.5 Å². The molecule has 0 saturated carbocycles. The smallest absolute Gasteiger partial charge is 0.408 e. The fourth-order valence-corrected chi connectivity index (χ4v) is 3.37. The Kier molecular flexibility index (Phi) is 4.20. The molecule has 4 aromatic rings. The summed E-state index contributed by atoms with van der Waals surface area (Å²) >= 11 is 0. The van der Waals surface area contributed by atoms with Gasteiger partial charge in [-0.05, 0) is 49.2 Å². The molecule has 5 rings (SSSR count). The predicted molar refractivity (Wildman–Crippen MR) is 114 cm³/mol. The van der Waals surface area contributed by atoms with E-state index in [0.717, 1.165) is 34.6 Å². The Balaban J connectivity index is 1.39. The van der Waals surface area contributed by atoms with Crippen LogP contribution in [-0.2, 0) is 11.2 Å². The monoisotopic (exact) mass is 402 g/mol. The van der Waals surface area contributed by atoms with Crippen LogP contribution in [0.15, 0.2) is 51.8 Å². The van der Waals surface area contributed by atoms with Crippen LogP contribution in [-0.4, -0.2) is 20.9 Å². The maximum atomic E-state index is 11.6. The maximum absolute atomic E-state index is 11.6. The summed E-state index contributed by atoms with van der Waals surface area (Å²) in [5.74, 6) is 0.577. The van der Waals surface area contributed by atoms with Crippen molar-refractivity contribution in [2.75, 3.05) is 16.0 Å². The Hall–Kier alpha value is -4.14. The molecule has 1 aliphatic rings. The molecule has 0 unspecified atom stereocenters. The van der Waals surface area contributed by atoms with Crippen molar-refractivity contribution in [3.05, 3.63) is 64.3 Å². The number of fused-ring (bicyclic) bond motifs is 2. The number of carbonyl (C=O) groups excluding carboxylic acids is 1. The lowest BCUT2D eigenvalue weighted by Crippen LogP contribution is -2.18. The minimum atomic E-state index is -0.493. The Bertz CT molecular complexity index is 1340. The van der Waals surface area contributed by atoms with Gasteiger partial charge in [-0.3, -0.25) is 9.78 Å². The first-order chi connectivity index (χ1) is 14.5. The van der Waals surface area contributed by atoms with Gasteiger partial charge in [-0.1, -0.05) is 6.07 Å². The third kappa shape index (κ3) is 3.48. The molecule has 0 saturated heterocycles. The number of benzene rings is 2. The minimum Gasteiger partial charge on any atom is -0.408 e. The van der Waals surface area contributed by atoms with Crippen molar-refractivity contribution in [3.63, 3.8) is 0 Å². The molecule has 0 radical (unpaired) electrons. The zero-order valence-electron chi connectivity index (χ0n) is 16.1. The summed E-state index contributed by atoms with van der Waals surface area (Å²) < 4.78 is 5.03. The van der Waals surface area contributed by atoms with Gasteiger partial charge in [0.05, 0.1) is 5.52 Å². The van der Waals surface area contributed by atoms with E-state index >= 15 is 0 Å². The molecule has 0 bridgehead atoms. The van der Waals surface area contributed by atoms with E-state index < -0.39 is 5.76 Å². The quantitative estimate of drug-likeness (QED) is 0.411. The molecular formula is C21H18N6O3. The molecule has 4 N–H and O–H groups in total. The molecule has 1 amide bonds. The van der Waals surface area contributed by atoms with Crippen LogP contribution in [0, 0.1) is 6.92 Å². The number of aromatic nitrogens is 3. The average Bonchev–Trinajstić information content (AvgIpc) is 3.09. The first kappa shape index (κ1) is 17.9. The van der Waals surface area contributed by atoms with Gasteiger partial charge in [0.1, 0.15) is 5.82 Å². The molecule has 9 nitrogen and oxygen atoms in total. The number of H-pyrrole nitrogens is 1. The second kappa shape index (κ2) is 7.03. The van der Waals surface area contributed by atoms with E-state index in [1.54, 1.807) is 24.4 Å². The third-order valence-corrected chi connectivity index (χ3v) is 4.91. The van der Waals surface area contributed by atoms with Gasteiger partial charge in [0.15, 0.2) is 5.58 Å². The molecule has 150 valence electrons. The van der Waals surface area contributed by atoms with Gasteiger partial charge in [0.2, 0.25) is 11.9 Å². The standard InChI is InChI=1S/C21H18N6O3/c1-11-10-22-20(24-14-4-2-12-3-7-18(28)25-15(12)8-14)27-19(11)23-13-5-6-17-16(9-13)26-21(29)30-17/h2,4-6,8-10H,3,7H2,1H3,(H,25,28)(H,26,29)(H2,22,23,24,27). The van der Waals surface area contributed by atoms with Gasteiger partial charge < -0.3 is 20.4 Å². The maximum Gasteiger partial charge on any atom is 0.417 e. The van der Waals surface area contributed by atoms with E-state index in [2.05, 4.69) is 30.9 Å². The summed E-state index contributed by atoms with van der Waals surface area (Å²) in [5.41, 5.74) is 5.41. The fraction of sp³-hybridized carbons (Fsp3) is 0.143. The molecule has 30 heavy (non-hydrogen) atoms. The van der Waals surface area contributed by atoms with Gasteiger partial charge in [-0.15, -0.1) is 0 Å².